The van der Waals surface area contributed by atoms with Crippen LogP contribution in [0.25, 0.3) is 10.2 Å². The summed E-state index contributed by atoms with van der Waals surface area (Å²) in [6.07, 6.45) is 0. The maximum absolute atomic E-state index is 13.6. The van der Waals surface area contributed by atoms with Gasteiger partial charge in [-0.05, 0) is 50.7 Å². The molecule has 1 amide bonds. The molecule has 0 N–H and O–H groups in total. The lowest BCUT2D eigenvalue weighted by Gasteiger charge is -2.25. The lowest BCUT2D eigenvalue weighted by atomic mass is 10.0. The Hall–Kier alpha value is -1.86. The summed E-state index contributed by atoms with van der Waals surface area (Å²) in [7, 11) is 1.61. The first kappa shape index (κ1) is 25.4. The number of hydrogen-bond donors (Lipinski definition) is 0. The van der Waals surface area contributed by atoms with Crippen LogP contribution in [0.15, 0.2) is 30.3 Å². The number of hydrogen-bond acceptors (Lipinski definition) is 5. The third-order valence-corrected chi connectivity index (χ3v) is 6.84. The summed E-state index contributed by atoms with van der Waals surface area (Å²) in [5.74, 6) is 0.609. The van der Waals surface area contributed by atoms with Crippen LogP contribution in [0.3, 0.4) is 0 Å². The summed E-state index contributed by atoms with van der Waals surface area (Å²) in [6.45, 7) is 11.4. The average Bonchev–Trinajstić information content (AvgIpc) is 3.19. The van der Waals surface area contributed by atoms with Crippen molar-refractivity contribution in [3.63, 3.8) is 0 Å². The highest BCUT2D eigenvalue weighted by Gasteiger charge is 2.24. The van der Waals surface area contributed by atoms with Gasteiger partial charge in [0.25, 0.3) is 5.91 Å². The zero-order valence-corrected chi connectivity index (χ0v) is 21.0. The van der Waals surface area contributed by atoms with Gasteiger partial charge in [0.15, 0.2) is 5.13 Å². The Morgan fingerprint density at radius 2 is 1.84 bits per heavy atom. The van der Waals surface area contributed by atoms with Crippen molar-refractivity contribution in [2.24, 2.45) is 0 Å². The van der Waals surface area contributed by atoms with E-state index in [1.165, 1.54) is 11.3 Å². The van der Waals surface area contributed by atoms with Gasteiger partial charge in [-0.1, -0.05) is 54.5 Å². The molecule has 1 heterocycles. The van der Waals surface area contributed by atoms with Gasteiger partial charge in [-0.3, -0.25) is 9.69 Å². The van der Waals surface area contributed by atoms with Gasteiger partial charge >= 0.3 is 0 Å². The smallest absolute Gasteiger partial charge is 0.260 e. The molecule has 168 valence electrons. The Kier molecular flexibility index (Phi) is 9.13. The van der Waals surface area contributed by atoms with Crippen molar-refractivity contribution < 1.29 is 9.53 Å². The molecule has 8 heteroatoms. The molecule has 0 aliphatic rings. The molecule has 0 aliphatic carbocycles. The maximum Gasteiger partial charge on any atom is 0.260 e. The number of ether oxygens (including phenoxy) is 1. The molecule has 0 radical (unpaired) electrons. The number of halogens is 2. The minimum absolute atomic E-state index is 0. The van der Waals surface area contributed by atoms with Crippen LogP contribution in [0.5, 0.6) is 5.75 Å². The molecule has 0 fully saturated rings. The molecular weight excluding hydrogens is 453 g/mol. The number of benzene rings is 2. The van der Waals surface area contributed by atoms with Crippen LogP contribution in [-0.2, 0) is 0 Å². The molecule has 1 aromatic heterocycles. The number of carbonyl (C=O) groups is 1. The summed E-state index contributed by atoms with van der Waals surface area (Å²) in [6, 6.07) is 9.57. The van der Waals surface area contributed by atoms with Crippen LogP contribution >= 0.6 is 35.3 Å². The van der Waals surface area contributed by atoms with Gasteiger partial charge in [-0.25, -0.2) is 4.98 Å². The van der Waals surface area contributed by atoms with E-state index in [0.29, 0.717) is 33.5 Å². The quantitative estimate of drug-likeness (QED) is 0.396. The van der Waals surface area contributed by atoms with E-state index in [-0.39, 0.29) is 18.3 Å². The number of nitrogens with zero attached hydrogens (tertiary/aromatic N) is 3. The third kappa shape index (κ3) is 5.50. The van der Waals surface area contributed by atoms with Crippen LogP contribution in [0.2, 0.25) is 5.02 Å². The first-order valence-electron chi connectivity index (χ1n) is 10.1. The Labute approximate surface area is 199 Å². The van der Waals surface area contributed by atoms with Gasteiger partial charge in [-0.15, -0.1) is 12.4 Å². The molecule has 0 saturated heterocycles. The lowest BCUT2D eigenvalue weighted by Crippen LogP contribution is -2.39. The maximum atomic E-state index is 13.6. The second-order valence-electron chi connectivity index (χ2n) is 7.23. The molecule has 2 aromatic carbocycles. The summed E-state index contributed by atoms with van der Waals surface area (Å²) >= 11 is 7.85. The number of thiazole rings is 1. The normalized spacial score (nSPS) is 10.9. The number of anilines is 1. The highest BCUT2D eigenvalue weighted by molar-refractivity contribution is 7.23. The summed E-state index contributed by atoms with van der Waals surface area (Å²) < 4.78 is 6.29. The Morgan fingerprint density at radius 3 is 2.48 bits per heavy atom. The SMILES string of the molecule is CCN(CC)CCN(C(=O)c1cc(C)ccc1C)c1nc2c(OC)ccc(Cl)c2s1.Cl. The largest absolute Gasteiger partial charge is 0.494 e. The number of carbonyl (C=O) groups excluding carboxylic acids is 1. The molecule has 0 bridgehead atoms. The van der Waals surface area contributed by atoms with Crippen molar-refractivity contribution in [1.29, 1.82) is 0 Å². The van der Waals surface area contributed by atoms with Crippen LogP contribution < -0.4 is 9.64 Å². The Balaban J connectivity index is 0.00000341. The van der Waals surface area contributed by atoms with Crippen LogP contribution in [0.1, 0.15) is 35.3 Å². The van der Waals surface area contributed by atoms with E-state index in [2.05, 4.69) is 18.7 Å². The lowest BCUT2D eigenvalue weighted by molar-refractivity contribution is 0.0983. The Bertz CT molecular complexity index is 1050. The zero-order valence-electron chi connectivity index (χ0n) is 18.6. The van der Waals surface area contributed by atoms with Crippen LogP contribution in [0, 0.1) is 13.8 Å². The second kappa shape index (κ2) is 11.1. The van der Waals surface area contributed by atoms with E-state index >= 15 is 0 Å². The first-order valence-corrected chi connectivity index (χ1v) is 11.3. The van der Waals surface area contributed by atoms with Crippen molar-refractivity contribution in [3.05, 3.63) is 52.0 Å². The molecule has 3 aromatic rings. The number of rotatable bonds is 8. The number of methoxy groups -OCH3 is 1. The third-order valence-electron chi connectivity index (χ3n) is 5.30. The number of likely N-dealkylation sites (N-methyl/N-ethyl adjacent to an activating group) is 1. The van der Waals surface area contributed by atoms with Gasteiger partial charge in [-0.2, -0.15) is 0 Å². The van der Waals surface area contributed by atoms with E-state index < -0.39 is 0 Å². The number of aryl methyl sites for hydroxylation is 2. The summed E-state index contributed by atoms with van der Waals surface area (Å²) in [5.41, 5.74) is 3.40. The minimum Gasteiger partial charge on any atom is -0.494 e. The molecule has 0 spiro atoms. The predicted octanol–water partition coefficient (Wildman–Crippen LogP) is 5.99. The molecule has 0 unspecified atom stereocenters. The van der Waals surface area contributed by atoms with E-state index in [9.17, 15) is 4.79 Å². The highest BCUT2D eigenvalue weighted by atomic mass is 35.5. The van der Waals surface area contributed by atoms with E-state index in [0.717, 1.165) is 35.5 Å². The Morgan fingerprint density at radius 1 is 1.13 bits per heavy atom. The van der Waals surface area contributed by atoms with E-state index in [1.54, 1.807) is 24.1 Å². The van der Waals surface area contributed by atoms with Crippen molar-refractivity contribution in [2.75, 3.05) is 38.2 Å². The van der Waals surface area contributed by atoms with Crippen molar-refractivity contribution in [2.45, 2.75) is 27.7 Å². The van der Waals surface area contributed by atoms with Gasteiger partial charge in [0.1, 0.15) is 11.3 Å². The number of aromatic nitrogens is 1. The number of amides is 1. The van der Waals surface area contributed by atoms with Gasteiger partial charge < -0.3 is 9.64 Å². The van der Waals surface area contributed by atoms with Crippen molar-refractivity contribution >= 4 is 56.6 Å². The molecule has 3 rings (SSSR count). The fourth-order valence-electron chi connectivity index (χ4n) is 3.40. The van der Waals surface area contributed by atoms with E-state index in [1.807, 2.05) is 32.0 Å². The molecule has 0 saturated carbocycles. The fourth-order valence-corrected chi connectivity index (χ4v) is 4.68. The second-order valence-corrected chi connectivity index (χ2v) is 8.61. The van der Waals surface area contributed by atoms with Gasteiger partial charge in [0.05, 0.1) is 16.8 Å². The molecule has 5 nitrogen and oxygen atoms in total. The summed E-state index contributed by atoms with van der Waals surface area (Å²) in [4.78, 5) is 22.5. The molecule has 31 heavy (non-hydrogen) atoms. The van der Waals surface area contributed by atoms with E-state index in [4.69, 9.17) is 21.3 Å². The van der Waals surface area contributed by atoms with Gasteiger partial charge in [0.2, 0.25) is 0 Å². The minimum atomic E-state index is -0.0440. The highest BCUT2D eigenvalue weighted by Crippen LogP contribution is 2.39. The molecule has 0 atom stereocenters. The monoisotopic (exact) mass is 481 g/mol. The zero-order chi connectivity index (χ0) is 21.8. The average molecular weight is 482 g/mol. The van der Waals surface area contributed by atoms with Crippen LogP contribution in [-0.4, -0.2) is 49.1 Å². The predicted molar refractivity (Wildman–Crippen MR) is 134 cm³/mol. The standard InChI is InChI=1S/C23H28ClN3O2S.ClH/c1-6-26(7-2)12-13-27(22(28)17-14-15(3)8-9-16(17)4)23-25-20-19(29-5)11-10-18(24)21(20)30-23;/h8-11,14H,6-7,12-13H2,1-5H3;1H. The summed E-state index contributed by atoms with van der Waals surface area (Å²) in [5, 5.41) is 1.24. The number of fused-ring (bicyclic) bond motifs is 1. The molecule has 0 aliphatic heterocycles. The fraction of sp³-hybridized carbons (Fsp3) is 0.391. The topological polar surface area (TPSA) is 45.7 Å². The molecular formula is C23H29Cl2N3O2S. The van der Waals surface area contributed by atoms with Crippen molar-refractivity contribution in [1.82, 2.24) is 9.88 Å². The first-order chi connectivity index (χ1) is 14.4. The van der Waals surface area contributed by atoms with Crippen LogP contribution in [0.4, 0.5) is 5.13 Å². The van der Waals surface area contributed by atoms with Gasteiger partial charge in [0, 0.05) is 18.7 Å². The van der Waals surface area contributed by atoms with Crippen molar-refractivity contribution in [3.8, 4) is 5.75 Å².